The van der Waals surface area contributed by atoms with Crippen LogP contribution in [0, 0.1) is 11.7 Å². The predicted molar refractivity (Wildman–Crippen MR) is 120 cm³/mol. The van der Waals surface area contributed by atoms with E-state index in [-0.39, 0.29) is 29.8 Å². The molecular formula is C24H29F3N4O3. The fourth-order valence-corrected chi connectivity index (χ4v) is 3.89. The number of alkyl halides is 2. The summed E-state index contributed by atoms with van der Waals surface area (Å²) in [4.78, 5) is 21.7. The first-order chi connectivity index (χ1) is 16.1. The second-order valence-corrected chi connectivity index (χ2v) is 9.27. The lowest BCUT2D eigenvalue weighted by Gasteiger charge is -2.20. The van der Waals surface area contributed by atoms with E-state index in [1.807, 2.05) is 31.2 Å². The van der Waals surface area contributed by atoms with Crippen LogP contribution in [0.4, 0.5) is 19.0 Å². The molecule has 10 heteroatoms. The molecule has 1 saturated heterocycles. The molecule has 4 atom stereocenters. The first-order valence-corrected chi connectivity index (χ1v) is 11.4. The van der Waals surface area contributed by atoms with Crippen LogP contribution in [0.25, 0.3) is 0 Å². The number of carbonyl (C=O) groups is 1. The van der Waals surface area contributed by atoms with Crippen molar-refractivity contribution in [1.82, 2.24) is 15.3 Å². The normalized spacial score (nSPS) is 22.9. The number of aromatic nitrogens is 2. The van der Waals surface area contributed by atoms with Gasteiger partial charge >= 0.3 is 0 Å². The fraction of sp³-hybridized carbons (Fsp3) is 0.542. The molecule has 0 bridgehead atoms. The Hall–Kier alpha value is -3.04. The molecule has 0 radical (unpaired) electrons. The minimum atomic E-state index is -3.10. The van der Waals surface area contributed by atoms with Crippen LogP contribution >= 0.6 is 0 Å². The third kappa shape index (κ3) is 5.90. The van der Waals surface area contributed by atoms with Gasteiger partial charge in [0.1, 0.15) is 18.2 Å². The van der Waals surface area contributed by atoms with Crippen molar-refractivity contribution in [2.45, 2.75) is 57.6 Å². The molecule has 7 nitrogen and oxygen atoms in total. The minimum absolute atomic E-state index is 0.00399. The molecule has 184 valence electrons. The molecule has 1 amide bonds. The zero-order chi connectivity index (χ0) is 24.5. The standard InChI is InChI=1S/C24H29F3N4O3/c1-14-10-19(14)30-22(32)15(2)16-4-6-17(7-5-16)34-18-8-9-31(11-18)21-20(25)23(29-13-28-21)33-12-24(3,26)27/h4-7,13-15,18-19H,8-12H2,1-3H3,(H,30,32)/t14?,15?,18-,19?/m1/s1. The Bertz CT molecular complexity index is 1020. The summed E-state index contributed by atoms with van der Waals surface area (Å²) in [6.45, 7) is 4.57. The average Bonchev–Trinajstić information content (AvgIpc) is 3.28. The maximum atomic E-state index is 14.7. The molecule has 2 fully saturated rings. The van der Waals surface area contributed by atoms with Gasteiger partial charge in [-0.2, -0.15) is 9.37 Å². The second kappa shape index (κ2) is 9.68. The lowest BCUT2D eigenvalue weighted by Crippen LogP contribution is -2.30. The highest BCUT2D eigenvalue weighted by atomic mass is 19.3. The number of nitrogens with zero attached hydrogens (tertiary/aromatic N) is 3. The van der Waals surface area contributed by atoms with Crippen LogP contribution in [0.5, 0.6) is 11.6 Å². The second-order valence-electron chi connectivity index (χ2n) is 9.27. The summed E-state index contributed by atoms with van der Waals surface area (Å²) in [6.07, 6.45) is 2.55. The molecule has 34 heavy (non-hydrogen) atoms. The molecule has 1 aliphatic carbocycles. The van der Waals surface area contributed by atoms with Crippen LogP contribution in [-0.2, 0) is 4.79 Å². The van der Waals surface area contributed by atoms with Crippen LogP contribution < -0.4 is 19.7 Å². The number of hydrogen-bond acceptors (Lipinski definition) is 6. The molecular weight excluding hydrogens is 449 g/mol. The summed E-state index contributed by atoms with van der Waals surface area (Å²) in [6, 6.07) is 7.69. The van der Waals surface area contributed by atoms with Crippen LogP contribution in [-0.4, -0.2) is 53.6 Å². The van der Waals surface area contributed by atoms with Crippen molar-refractivity contribution < 1.29 is 27.4 Å². The van der Waals surface area contributed by atoms with Crippen LogP contribution in [0.2, 0.25) is 0 Å². The smallest absolute Gasteiger partial charge is 0.278 e. The molecule has 1 saturated carbocycles. The van der Waals surface area contributed by atoms with Crippen LogP contribution in [0.15, 0.2) is 30.6 Å². The number of nitrogens with one attached hydrogen (secondary N) is 1. The maximum Gasteiger partial charge on any atom is 0.278 e. The number of benzene rings is 1. The fourth-order valence-electron chi connectivity index (χ4n) is 3.89. The van der Waals surface area contributed by atoms with Crippen LogP contribution in [0.3, 0.4) is 0 Å². The lowest BCUT2D eigenvalue weighted by atomic mass is 10.0. The molecule has 0 spiro atoms. The van der Waals surface area contributed by atoms with Gasteiger partial charge in [0.05, 0.1) is 12.5 Å². The van der Waals surface area contributed by atoms with E-state index < -0.39 is 24.2 Å². The summed E-state index contributed by atoms with van der Waals surface area (Å²) in [5.74, 6) is -3.51. The maximum absolute atomic E-state index is 14.7. The van der Waals surface area contributed by atoms with Gasteiger partial charge in [0.15, 0.2) is 12.4 Å². The third-order valence-electron chi connectivity index (χ3n) is 6.16. The van der Waals surface area contributed by atoms with E-state index in [0.717, 1.165) is 18.3 Å². The van der Waals surface area contributed by atoms with E-state index in [1.165, 1.54) is 0 Å². The Kier molecular flexibility index (Phi) is 6.86. The Morgan fingerprint density at radius 2 is 2.00 bits per heavy atom. The van der Waals surface area contributed by atoms with E-state index in [2.05, 4.69) is 22.2 Å². The number of amides is 1. The number of halogens is 3. The number of carbonyl (C=O) groups excluding carboxylic acids is 1. The SMILES string of the molecule is CC(C(=O)NC1CC1C)c1ccc(O[C@@H]2CCN(c3ncnc(OCC(C)(F)F)c3F)C2)cc1. The lowest BCUT2D eigenvalue weighted by molar-refractivity contribution is -0.122. The Balaban J connectivity index is 1.32. The minimum Gasteiger partial charge on any atom is -0.489 e. The molecule has 3 unspecified atom stereocenters. The zero-order valence-corrected chi connectivity index (χ0v) is 19.4. The van der Waals surface area contributed by atoms with Gasteiger partial charge in [0.25, 0.3) is 11.8 Å². The van der Waals surface area contributed by atoms with Gasteiger partial charge in [0.2, 0.25) is 11.7 Å². The van der Waals surface area contributed by atoms with Gasteiger partial charge in [-0.25, -0.2) is 13.8 Å². The van der Waals surface area contributed by atoms with Crippen molar-refractivity contribution in [3.63, 3.8) is 0 Å². The highest BCUT2D eigenvalue weighted by molar-refractivity contribution is 5.83. The van der Waals surface area contributed by atoms with Crippen molar-refractivity contribution in [1.29, 1.82) is 0 Å². The monoisotopic (exact) mass is 478 g/mol. The number of anilines is 1. The molecule has 1 aliphatic heterocycles. The summed E-state index contributed by atoms with van der Waals surface area (Å²) in [7, 11) is 0. The Morgan fingerprint density at radius 1 is 1.29 bits per heavy atom. The van der Waals surface area contributed by atoms with Crippen molar-refractivity contribution in [3.8, 4) is 11.6 Å². The largest absolute Gasteiger partial charge is 0.489 e. The highest BCUT2D eigenvalue weighted by Crippen LogP contribution is 2.31. The molecule has 2 heterocycles. The Morgan fingerprint density at radius 3 is 2.65 bits per heavy atom. The summed E-state index contributed by atoms with van der Waals surface area (Å²) < 4.78 is 51.7. The van der Waals surface area contributed by atoms with Crippen molar-refractivity contribution >= 4 is 11.7 Å². The van der Waals surface area contributed by atoms with E-state index in [4.69, 9.17) is 9.47 Å². The van der Waals surface area contributed by atoms with Crippen molar-refractivity contribution in [3.05, 3.63) is 42.0 Å². The van der Waals surface area contributed by atoms with Gasteiger partial charge in [-0.1, -0.05) is 19.1 Å². The quantitative estimate of drug-likeness (QED) is 0.589. The van der Waals surface area contributed by atoms with Gasteiger partial charge < -0.3 is 19.7 Å². The third-order valence-corrected chi connectivity index (χ3v) is 6.16. The molecule has 4 rings (SSSR count). The molecule has 1 aromatic carbocycles. The number of ether oxygens (including phenoxy) is 2. The summed E-state index contributed by atoms with van der Waals surface area (Å²) >= 11 is 0. The highest BCUT2D eigenvalue weighted by Gasteiger charge is 2.35. The first kappa shape index (κ1) is 24.1. The number of rotatable bonds is 9. The summed E-state index contributed by atoms with van der Waals surface area (Å²) in [5.41, 5.74) is 0.902. The van der Waals surface area contributed by atoms with E-state index in [9.17, 15) is 18.0 Å². The number of hydrogen-bond donors (Lipinski definition) is 1. The molecule has 1 aromatic heterocycles. The first-order valence-electron chi connectivity index (χ1n) is 11.4. The zero-order valence-electron chi connectivity index (χ0n) is 19.4. The predicted octanol–water partition coefficient (Wildman–Crippen LogP) is 3.94. The van der Waals surface area contributed by atoms with Crippen molar-refractivity contribution in [2.75, 3.05) is 24.6 Å². The Labute approximate surface area is 196 Å². The topological polar surface area (TPSA) is 76.6 Å². The molecule has 2 aliphatic rings. The average molecular weight is 479 g/mol. The van der Waals surface area contributed by atoms with E-state index in [0.29, 0.717) is 38.1 Å². The van der Waals surface area contributed by atoms with Gasteiger partial charge in [-0.3, -0.25) is 4.79 Å². The molecule has 1 N–H and O–H groups in total. The van der Waals surface area contributed by atoms with Gasteiger partial charge in [0, 0.05) is 25.9 Å². The molecule has 2 aromatic rings. The van der Waals surface area contributed by atoms with E-state index in [1.54, 1.807) is 4.90 Å². The van der Waals surface area contributed by atoms with Gasteiger partial charge in [-0.05, 0) is 37.0 Å². The van der Waals surface area contributed by atoms with Crippen molar-refractivity contribution in [2.24, 2.45) is 5.92 Å². The summed E-state index contributed by atoms with van der Waals surface area (Å²) in [5, 5.41) is 3.06. The van der Waals surface area contributed by atoms with Gasteiger partial charge in [-0.15, -0.1) is 0 Å². The van der Waals surface area contributed by atoms with E-state index >= 15 is 0 Å². The van der Waals surface area contributed by atoms with Crippen LogP contribution in [0.1, 0.15) is 45.1 Å².